The lowest BCUT2D eigenvalue weighted by molar-refractivity contribution is 0.589. The Morgan fingerprint density at radius 1 is 0.727 bits per heavy atom. The molecule has 2 heteroatoms. The van der Waals surface area contributed by atoms with Crippen molar-refractivity contribution in [1.82, 2.24) is 0 Å². The van der Waals surface area contributed by atoms with Gasteiger partial charge in [0.05, 0.1) is 10.7 Å². The predicted octanol–water partition coefficient (Wildman–Crippen LogP) is 7.09. The van der Waals surface area contributed by atoms with Crippen LogP contribution < -0.4 is 4.90 Å². The van der Waals surface area contributed by atoms with Crippen LogP contribution in [-0.4, -0.2) is 13.1 Å². The molecular weight excluding hydrogens is 290 g/mol. The van der Waals surface area contributed by atoms with Gasteiger partial charge in [0.2, 0.25) is 0 Å². The molecule has 0 saturated carbocycles. The van der Waals surface area contributed by atoms with E-state index in [1.807, 2.05) is 12.1 Å². The van der Waals surface area contributed by atoms with Gasteiger partial charge in [0.25, 0.3) is 0 Å². The summed E-state index contributed by atoms with van der Waals surface area (Å²) in [6.07, 6.45) is 13.3. The van der Waals surface area contributed by atoms with Crippen LogP contribution >= 0.6 is 11.6 Å². The molecule has 1 rings (SSSR count). The Labute approximate surface area is 143 Å². The molecule has 0 fully saturated rings. The van der Waals surface area contributed by atoms with Gasteiger partial charge in [-0.2, -0.15) is 0 Å². The van der Waals surface area contributed by atoms with Gasteiger partial charge in [-0.15, -0.1) is 0 Å². The summed E-state index contributed by atoms with van der Waals surface area (Å²) in [4.78, 5) is 2.50. The van der Waals surface area contributed by atoms with E-state index in [-0.39, 0.29) is 0 Å². The summed E-state index contributed by atoms with van der Waals surface area (Å²) in [7, 11) is 0. The largest absolute Gasteiger partial charge is 0.370 e. The minimum absolute atomic E-state index is 0.893. The van der Waals surface area contributed by atoms with Crippen molar-refractivity contribution < 1.29 is 0 Å². The Balaban J connectivity index is 2.44. The van der Waals surface area contributed by atoms with Crippen LogP contribution in [0.25, 0.3) is 0 Å². The lowest BCUT2D eigenvalue weighted by Gasteiger charge is -2.26. The Morgan fingerprint density at radius 3 is 1.73 bits per heavy atom. The summed E-state index contributed by atoms with van der Waals surface area (Å²) in [6, 6.07) is 8.30. The van der Waals surface area contributed by atoms with Crippen LogP contribution in [0.15, 0.2) is 24.3 Å². The van der Waals surface area contributed by atoms with E-state index in [1.54, 1.807) is 0 Å². The SMILES string of the molecule is CCCCCCCN(CCCCCCC)c1ccccc1Cl. The quantitative estimate of drug-likeness (QED) is 0.350. The normalized spacial score (nSPS) is 10.9. The molecule has 0 spiro atoms. The highest BCUT2D eigenvalue weighted by atomic mass is 35.5. The molecule has 0 saturated heterocycles. The van der Waals surface area contributed by atoms with Crippen molar-refractivity contribution in [2.24, 2.45) is 0 Å². The fraction of sp³-hybridized carbons (Fsp3) is 0.700. The number of rotatable bonds is 13. The average molecular weight is 324 g/mol. The first-order valence-corrected chi connectivity index (χ1v) is 9.66. The van der Waals surface area contributed by atoms with Crippen molar-refractivity contribution in [1.29, 1.82) is 0 Å². The summed E-state index contributed by atoms with van der Waals surface area (Å²) in [5, 5.41) is 0.893. The maximum Gasteiger partial charge on any atom is 0.0639 e. The lowest BCUT2D eigenvalue weighted by atomic mass is 10.1. The highest BCUT2D eigenvalue weighted by Gasteiger charge is 2.09. The fourth-order valence-corrected chi connectivity index (χ4v) is 3.13. The molecule has 0 amide bonds. The second-order valence-corrected chi connectivity index (χ2v) is 6.67. The van der Waals surface area contributed by atoms with E-state index >= 15 is 0 Å². The number of halogens is 1. The van der Waals surface area contributed by atoms with Crippen LogP contribution in [0, 0.1) is 0 Å². The zero-order chi connectivity index (χ0) is 16.0. The molecule has 0 atom stereocenters. The van der Waals surface area contributed by atoms with Gasteiger partial charge >= 0.3 is 0 Å². The van der Waals surface area contributed by atoms with Crippen LogP contribution in [0.3, 0.4) is 0 Å². The van der Waals surface area contributed by atoms with Gasteiger partial charge in [-0.3, -0.25) is 0 Å². The summed E-state index contributed by atoms with van der Waals surface area (Å²) >= 11 is 6.40. The van der Waals surface area contributed by atoms with E-state index in [1.165, 1.54) is 69.9 Å². The maximum absolute atomic E-state index is 6.40. The zero-order valence-corrected chi connectivity index (χ0v) is 15.4. The van der Waals surface area contributed by atoms with Gasteiger partial charge in [0.1, 0.15) is 0 Å². The highest BCUT2D eigenvalue weighted by Crippen LogP contribution is 2.26. The van der Waals surface area contributed by atoms with Crippen molar-refractivity contribution in [3.8, 4) is 0 Å². The van der Waals surface area contributed by atoms with Crippen LogP contribution in [-0.2, 0) is 0 Å². The second-order valence-electron chi connectivity index (χ2n) is 6.27. The number of unbranched alkanes of at least 4 members (excludes halogenated alkanes) is 8. The molecule has 0 aromatic heterocycles. The van der Waals surface area contributed by atoms with E-state index in [0.717, 1.165) is 18.1 Å². The molecule has 1 aromatic carbocycles. The molecule has 0 N–H and O–H groups in total. The lowest BCUT2D eigenvalue weighted by Crippen LogP contribution is -2.26. The second kappa shape index (κ2) is 12.8. The van der Waals surface area contributed by atoms with E-state index in [2.05, 4.69) is 30.9 Å². The predicted molar refractivity (Wildman–Crippen MR) is 101 cm³/mol. The molecule has 0 aliphatic carbocycles. The first-order chi connectivity index (χ1) is 10.8. The third-order valence-corrected chi connectivity index (χ3v) is 4.58. The number of benzene rings is 1. The molecular formula is C20H34ClN. The van der Waals surface area contributed by atoms with Crippen LogP contribution in [0.4, 0.5) is 5.69 Å². The van der Waals surface area contributed by atoms with Crippen molar-refractivity contribution >= 4 is 17.3 Å². The minimum Gasteiger partial charge on any atom is -0.370 e. The fourth-order valence-electron chi connectivity index (χ4n) is 2.87. The summed E-state index contributed by atoms with van der Waals surface area (Å²) in [5.41, 5.74) is 1.22. The summed E-state index contributed by atoms with van der Waals surface area (Å²) in [5.74, 6) is 0. The van der Waals surface area contributed by atoms with E-state index in [4.69, 9.17) is 11.6 Å². The molecule has 1 aromatic rings. The van der Waals surface area contributed by atoms with E-state index in [0.29, 0.717) is 0 Å². The average Bonchev–Trinajstić information content (AvgIpc) is 2.53. The number of anilines is 1. The first kappa shape index (κ1) is 19.4. The topological polar surface area (TPSA) is 3.24 Å². The molecule has 0 unspecified atom stereocenters. The number of hydrogen-bond donors (Lipinski definition) is 0. The molecule has 126 valence electrons. The van der Waals surface area contributed by atoms with Crippen LogP contribution in [0.5, 0.6) is 0 Å². The first-order valence-electron chi connectivity index (χ1n) is 9.29. The molecule has 0 heterocycles. The van der Waals surface area contributed by atoms with Gasteiger partial charge in [-0.05, 0) is 25.0 Å². The Morgan fingerprint density at radius 2 is 1.23 bits per heavy atom. The van der Waals surface area contributed by atoms with Gasteiger partial charge in [0.15, 0.2) is 0 Å². The number of nitrogens with zero attached hydrogens (tertiary/aromatic N) is 1. The van der Waals surface area contributed by atoms with Gasteiger partial charge in [-0.25, -0.2) is 0 Å². The highest BCUT2D eigenvalue weighted by molar-refractivity contribution is 6.33. The molecule has 0 bridgehead atoms. The van der Waals surface area contributed by atoms with Crippen molar-refractivity contribution in [3.63, 3.8) is 0 Å². The Hall–Kier alpha value is -0.690. The molecule has 1 nitrogen and oxygen atoms in total. The van der Waals surface area contributed by atoms with Gasteiger partial charge < -0.3 is 4.90 Å². The van der Waals surface area contributed by atoms with E-state index < -0.39 is 0 Å². The van der Waals surface area contributed by atoms with Crippen LogP contribution in [0.2, 0.25) is 5.02 Å². The van der Waals surface area contributed by atoms with Gasteiger partial charge in [0, 0.05) is 13.1 Å². The number of hydrogen-bond acceptors (Lipinski definition) is 1. The standard InChI is InChI=1S/C20H34ClN/c1-3-5-7-9-13-17-22(18-14-10-8-6-4-2)20-16-12-11-15-19(20)21/h11-12,15-16H,3-10,13-14,17-18H2,1-2H3. The van der Waals surface area contributed by atoms with Crippen molar-refractivity contribution in [2.75, 3.05) is 18.0 Å². The smallest absolute Gasteiger partial charge is 0.0639 e. The molecule has 0 radical (unpaired) electrons. The monoisotopic (exact) mass is 323 g/mol. The maximum atomic E-state index is 6.40. The third-order valence-electron chi connectivity index (χ3n) is 4.26. The van der Waals surface area contributed by atoms with Gasteiger partial charge in [-0.1, -0.05) is 88.9 Å². The molecule has 0 aliphatic rings. The summed E-state index contributed by atoms with van der Waals surface area (Å²) < 4.78 is 0. The minimum atomic E-state index is 0.893. The zero-order valence-electron chi connectivity index (χ0n) is 14.6. The molecule has 22 heavy (non-hydrogen) atoms. The number of para-hydroxylation sites is 1. The van der Waals surface area contributed by atoms with Crippen molar-refractivity contribution in [3.05, 3.63) is 29.3 Å². The third kappa shape index (κ3) is 8.08. The Kier molecular flexibility index (Phi) is 11.3. The van der Waals surface area contributed by atoms with E-state index in [9.17, 15) is 0 Å². The summed E-state index contributed by atoms with van der Waals surface area (Å²) in [6.45, 7) is 6.82. The Bertz CT molecular complexity index is 364. The van der Waals surface area contributed by atoms with Crippen molar-refractivity contribution in [2.45, 2.75) is 78.1 Å². The van der Waals surface area contributed by atoms with Crippen LogP contribution in [0.1, 0.15) is 78.1 Å². The molecule has 0 aliphatic heterocycles.